The summed E-state index contributed by atoms with van der Waals surface area (Å²) in [7, 11) is 0. The Morgan fingerprint density at radius 3 is 2.95 bits per heavy atom. The molecule has 0 aliphatic carbocycles. The summed E-state index contributed by atoms with van der Waals surface area (Å²) in [6.07, 6.45) is 1.98. The van der Waals surface area contributed by atoms with Crippen molar-refractivity contribution in [3.63, 3.8) is 0 Å². The molecule has 1 saturated heterocycles. The molecule has 3 rings (SSSR count). The summed E-state index contributed by atoms with van der Waals surface area (Å²) in [5.74, 6) is -0.148. The van der Waals surface area contributed by atoms with Crippen LogP contribution in [0.3, 0.4) is 0 Å². The molecule has 2 heterocycles. The Morgan fingerprint density at radius 2 is 2.20 bits per heavy atom. The van der Waals surface area contributed by atoms with Gasteiger partial charge in [-0.2, -0.15) is 0 Å². The van der Waals surface area contributed by atoms with Gasteiger partial charge in [-0.25, -0.2) is 4.79 Å². The summed E-state index contributed by atoms with van der Waals surface area (Å²) >= 11 is 0. The van der Waals surface area contributed by atoms with E-state index in [0.29, 0.717) is 13.1 Å². The van der Waals surface area contributed by atoms with Gasteiger partial charge in [-0.1, -0.05) is 0 Å². The van der Waals surface area contributed by atoms with Gasteiger partial charge < -0.3 is 16.0 Å². The Balaban J connectivity index is 1.76. The van der Waals surface area contributed by atoms with Crippen LogP contribution in [0.4, 0.5) is 16.2 Å². The smallest absolute Gasteiger partial charge is 0.324 e. The second-order valence-electron chi connectivity index (χ2n) is 5.19. The van der Waals surface area contributed by atoms with Gasteiger partial charge in [0.2, 0.25) is 5.91 Å². The molecule has 6 heteroatoms. The minimum Gasteiger partial charge on any atom is -0.399 e. The van der Waals surface area contributed by atoms with Gasteiger partial charge in [0.25, 0.3) is 0 Å². The average Bonchev–Trinajstić information content (AvgIpc) is 2.85. The van der Waals surface area contributed by atoms with E-state index in [4.69, 9.17) is 5.73 Å². The minimum atomic E-state index is -0.287. The van der Waals surface area contributed by atoms with Crippen molar-refractivity contribution >= 4 is 23.3 Å². The van der Waals surface area contributed by atoms with Crippen molar-refractivity contribution in [2.45, 2.75) is 12.8 Å². The van der Waals surface area contributed by atoms with Gasteiger partial charge in [0, 0.05) is 31.0 Å². The highest BCUT2D eigenvalue weighted by molar-refractivity contribution is 5.97. The highest BCUT2D eigenvalue weighted by Crippen LogP contribution is 2.28. The van der Waals surface area contributed by atoms with Crippen LogP contribution in [0.5, 0.6) is 0 Å². The molecule has 0 aromatic heterocycles. The first-order chi connectivity index (χ1) is 9.65. The van der Waals surface area contributed by atoms with Gasteiger partial charge in [0.05, 0.1) is 6.54 Å². The molecular weight excluding hydrogens is 256 g/mol. The van der Waals surface area contributed by atoms with Crippen molar-refractivity contribution in [2.75, 3.05) is 36.8 Å². The zero-order valence-electron chi connectivity index (χ0n) is 11.3. The molecule has 6 nitrogen and oxygen atoms in total. The molecule has 0 spiro atoms. The fourth-order valence-corrected chi connectivity index (χ4v) is 2.82. The molecular formula is C14H18N4O2. The van der Waals surface area contributed by atoms with E-state index < -0.39 is 0 Å². The Bertz CT molecular complexity index is 558. The molecule has 106 valence electrons. The Hall–Kier alpha value is -2.24. The van der Waals surface area contributed by atoms with Crippen molar-refractivity contribution in [1.29, 1.82) is 0 Å². The minimum absolute atomic E-state index is 0.148. The molecule has 0 radical (unpaired) electrons. The molecule has 1 aromatic rings. The van der Waals surface area contributed by atoms with Gasteiger partial charge in [0.1, 0.15) is 0 Å². The van der Waals surface area contributed by atoms with Gasteiger partial charge in [-0.05, 0) is 36.6 Å². The van der Waals surface area contributed by atoms with Crippen molar-refractivity contribution < 1.29 is 9.59 Å². The van der Waals surface area contributed by atoms with E-state index in [2.05, 4.69) is 5.32 Å². The molecule has 0 unspecified atom stereocenters. The molecule has 1 fully saturated rings. The maximum atomic E-state index is 12.2. The zero-order valence-corrected chi connectivity index (χ0v) is 11.3. The third-order valence-electron chi connectivity index (χ3n) is 3.80. The lowest BCUT2D eigenvalue weighted by molar-refractivity contribution is -0.126. The van der Waals surface area contributed by atoms with Gasteiger partial charge in [-0.15, -0.1) is 0 Å². The molecule has 20 heavy (non-hydrogen) atoms. The molecule has 0 bridgehead atoms. The number of anilines is 2. The average molecular weight is 274 g/mol. The largest absolute Gasteiger partial charge is 0.399 e. The normalized spacial score (nSPS) is 17.9. The summed E-state index contributed by atoms with van der Waals surface area (Å²) in [6.45, 7) is 2.07. The van der Waals surface area contributed by atoms with E-state index in [1.807, 2.05) is 23.1 Å². The standard InChI is InChI=1S/C14H18N4O2/c15-11-3-4-12-10(8-11)2-1-6-17(12)9-13(19)18-7-5-16-14(18)20/h3-4,8H,1-2,5-7,9,15H2,(H,16,20). The number of nitrogens with zero attached hydrogens (tertiary/aromatic N) is 2. The summed E-state index contributed by atoms with van der Waals surface area (Å²) in [5.41, 5.74) is 8.78. The zero-order chi connectivity index (χ0) is 14.1. The van der Waals surface area contributed by atoms with Crippen LogP contribution < -0.4 is 16.0 Å². The van der Waals surface area contributed by atoms with Gasteiger partial charge in [-0.3, -0.25) is 9.69 Å². The summed E-state index contributed by atoms with van der Waals surface area (Å²) in [4.78, 5) is 27.0. The van der Waals surface area contributed by atoms with Crippen LogP contribution in [0, 0.1) is 0 Å². The lowest BCUT2D eigenvalue weighted by Crippen LogP contribution is -2.43. The first-order valence-electron chi connectivity index (χ1n) is 6.87. The van der Waals surface area contributed by atoms with E-state index in [-0.39, 0.29) is 18.5 Å². The third-order valence-corrected chi connectivity index (χ3v) is 3.80. The number of hydrogen-bond acceptors (Lipinski definition) is 4. The fourth-order valence-electron chi connectivity index (χ4n) is 2.82. The highest BCUT2D eigenvalue weighted by Gasteiger charge is 2.28. The first-order valence-corrected chi connectivity index (χ1v) is 6.87. The second kappa shape index (κ2) is 5.03. The summed E-state index contributed by atoms with van der Waals surface area (Å²) in [5, 5.41) is 2.65. The number of hydrogen-bond donors (Lipinski definition) is 2. The van der Waals surface area contributed by atoms with Crippen LogP contribution in [-0.2, 0) is 11.2 Å². The van der Waals surface area contributed by atoms with Crippen LogP contribution in [0.25, 0.3) is 0 Å². The lowest BCUT2D eigenvalue weighted by Gasteiger charge is -2.31. The van der Waals surface area contributed by atoms with E-state index in [9.17, 15) is 9.59 Å². The van der Waals surface area contributed by atoms with Crippen molar-refractivity contribution in [2.24, 2.45) is 0 Å². The number of rotatable bonds is 2. The number of nitrogen functional groups attached to an aromatic ring is 1. The molecule has 2 aliphatic heterocycles. The lowest BCUT2D eigenvalue weighted by atomic mass is 10.0. The van der Waals surface area contributed by atoms with Crippen LogP contribution >= 0.6 is 0 Å². The van der Waals surface area contributed by atoms with Crippen molar-refractivity contribution in [1.82, 2.24) is 10.2 Å². The number of imide groups is 1. The monoisotopic (exact) mass is 274 g/mol. The molecule has 0 saturated carbocycles. The predicted octanol–water partition coefficient (Wildman–Crippen LogP) is 0.573. The summed E-state index contributed by atoms with van der Waals surface area (Å²) in [6, 6.07) is 5.49. The SMILES string of the molecule is Nc1ccc2c(c1)CCCN2CC(=O)N1CCNC1=O. The van der Waals surface area contributed by atoms with Gasteiger partial charge >= 0.3 is 6.03 Å². The van der Waals surface area contributed by atoms with E-state index in [0.717, 1.165) is 30.8 Å². The molecule has 0 atom stereocenters. The van der Waals surface area contributed by atoms with E-state index >= 15 is 0 Å². The van der Waals surface area contributed by atoms with Crippen LogP contribution in [-0.4, -0.2) is 43.0 Å². The Kier molecular flexibility index (Phi) is 3.22. The maximum Gasteiger partial charge on any atom is 0.324 e. The van der Waals surface area contributed by atoms with Crippen molar-refractivity contribution in [3.8, 4) is 0 Å². The summed E-state index contributed by atoms with van der Waals surface area (Å²) < 4.78 is 0. The highest BCUT2D eigenvalue weighted by atomic mass is 16.2. The van der Waals surface area contributed by atoms with Crippen LogP contribution in [0.2, 0.25) is 0 Å². The number of nitrogens with two attached hydrogens (primary N) is 1. The number of carbonyl (C=O) groups excluding carboxylic acids is 2. The topological polar surface area (TPSA) is 78.7 Å². The van der Waals surface area contributed by atoms with Crippen molar-refractivity contribution in [3.05, 3.63) is 23.8 Å². The Labute approximate surface area is 117 Å². The second-order valence-corrected chi connectivity index (χ2v) is 5.19. The number of nitrogens with one attached hydrogen (secondary N) is 1. The fraction of sp³-hybridized carbons (Fsp3) is 0.429. The number of fused-ring (bicyclic) bond motifs is 1. The third kappa shape index (κ3) is 2.29. The molecule has 2 aliphatic rings. The van der Waals surface area contributed by atoms with Crippen LogP contribution in [0.15, 0.2) is 18.2 Å². The number of aryl methyl sites for hydroxylation is 1. The van der Waals surface area contributed by atoms with Gasteiger partial charge in [0.15, 0.2) is 0 Å². The van der Waals surface area contributed by atoms with E-state index in [1.165, 1.54) is 10.5 Å². The number of urea groups is 1. The number of amides is 3. The number of benzene rings is 1. The first kappa shape index (κ1) is 12.8. The Morgan fingerprint density at radius 1 is 1.35 bits per heavy atom. The molecule has 3 amide bonds. The number of carbonyl (C=O) groups is 2. The maximum absolute atomic E-state index is 12.2. The molecule has 1 aromatic carbocycles. The van der Waals surface area contributed by atoms with Crippen LogP contribution in [0.1, 0.15) is 12.0 Å². The van der Waals surface area contributed by atoms with E-state index in [1.54, 1.807) is 0 Å². The molecule has 3 N–H and O–H groups in total. The quantitative estimate of drug-likeness (QED) is 0.773. The predicted molar refractivity (Wildman–Crippen MR) is 76.5 cm³/mol.